The van der Waals surface area contributed by atoms with Gasteiger partial charge in [-0.2, -0.15) is 0 Å². The predicted molar refractivity (Wildman–Crippen MR) is 72.3 cm³/mol. The second-order valence-corrected chi connectivity index (χ2v) is 4.21. The first-order valence-electron chi connectivity index (χ1n) is 5.91. The molecule has 5 heteroatoms. The van der Waals surface area contributed by atoms with Crippen molar-refractivity contribution < 1.29 is 9.47 Å². The quantitative estimate of drug-likeness (QED) is 0.907. The summed E-state index contributed by atoms with van der Waals surface area (Å²) in [6.45, 7) is 1.94. The van der Waals surface area contributed by atoms with Crippen LogP contribution in [0.1, 0.15) is 23.0 Å². The molecule has 0 fully saturated rings. The van der Waals surface area contributed by atoms with Crippen LogP contribution in [0.4, 0.5) is 0 Å². The number of hydrogen-bond donors (Lipinski definition) is 1. The molecule has 1 heterocycles. The highest BCUT2D eigenvalue weighted by atomic mass is 16.5. The zero-order chi connectivity index (χ0) is 13.8. The number of rotatable bonds is 4. The second-order valence-electron chi connectivity index (χ2n) is 4.21. The van der Waals surface area contributed by atoms with Crippen LogP contribution in [0.3, 0.4) is 0 Å². The Morgan fingerprint density at radius 3 is 2.26 bits per heavy atom. The molecule has 2 rings (SSSR count). The highest BCUT2D eigenvalue weighted by Crippen LogP contribution is 2.30. The van der Waals surface area contributed by atoms with Crippen molar-refractivity contribution in [2.45, 2.75) is 13.0 Å². The van der Waals surface area contributed by atoms with Crippen molar-refractivity contribution in [2.24, 2.45) is 5.73 Å². The number of aromatic nitrogens is 2. The summed E-state index contributed by atoms with van der Waals surface area (Å²) in [6, 6.07) is 5.16. The molecule has 2 N–H and O–H groups in total. The fourth-order valence-electron chi connectivity index (χ4n) is 1.76. The Labute approximate surface area is 112 Å². The third-order valence-corrected chi connectivity index (χ3v) is 2.85. The first kappa shape index (κ1) is 13.3. The van der Waals surface area contributed by atoms with Gasteiger partial charge in [0, 0.05) is 12.4 Å². The van der Waals surface area contributed by atoms with Gasteiger partial charge >= 0.3 is 0 Å². The Morgan fingerprint density at radius 2 is 1.68 bits per heavy atom. The van der Waals surface area contributed by atoms with Crippen molar-refractivity contribution >= 4 is 0 Å². The van der Waals surface area contributed by atoms with E-state index in [4.69, 9.17) is 15.2 Å². The van der Waals surface area contributed by atoms with Gasteiger partial charge in [0.2, 0.25) is 0 Å². The third kappa shape index (κ3) is 2.82. The minimum absolute atomic E-state index is 0.389. The summed E-state index contributed by atoms with van der Waals surface area (Å²) >= 11 is 0. The van der Waals surface area contributed by atoms with Crippen LogP contribution in [0.2, 0.25) is 0 Å². The molecular weight excluding hydrogens is 242 g/mol. The Balaban J connectivity index is 2.33. The van der Waals surface area contributed by atoms with Crippen molar-refractivity contribution in [3.05, 3.63) is 47.5 Å². The maximum absolute atomic E-state index is 6.16. The van der Waals surface area contributed by atoms with Crippen LogP contribution >= 0.6 is 0 Å². The highest BCUT2D eigenvalue weighted by Gasteiger charge is 2.14. The van der Waals surface area contributed by atoms with E-state index in [0.717, 1.165) is 11.1 Å². The molecular formula is C14H17N3O2. The zero-order valence-electron chi connectivity index (χ0n) is 11.3. The van der Waals surface area contributed by atoms with Gasteiger partial charge in [0.1, 0.15) is 5.82 Å². The Morgan fingerprint density at radius 1 is 1.05 bits per heavy atom. The third-order valence-electron chi connectivity index (χ3n) is 2.85. The molecule has 1 aromatic heterocycles. The van der Waals surface area contributed by atoms with E-state index in [-0.39, 0.29) is 6.04 Å². The standard InChI is InChI=1S/C14H17N3O2/c1-9-7-16-14(17-8-9)13(15)10-4-5-11(18-2)12(6-10)19-3/h4-8,13H,15H2,1-3H3. The van der Waals surface area contributed by atoms with Crippen LogP contribution in [0, 0.1) is 6.92 Å². The lowest BCUT2D eigenvalue weighted by atomic mass is 10.1. The SMILES string of the molecule is COc1ccc(C(N)c2ncc(C)cn2)cc1OC. The summed E-state index contributed by atoms with van der Waals surface area (Å²) < 4.78 is 10.5. The smallest absolute Gasteiger partial charge is 0.161 e. The molecule has 0 spiro atoms. The van der Waals surface area contributed by atoms with E-state index in [1.165, 1.54) is 0 Å². The first-order valence-corrected chi connectivity index (χ1v) is 5.91. The second kappa shape index (κ2) is 5.67. The molecule has 19 heavy (non-hydrogen) atoms. The molecule has 1 unspecified atom stereocenters. The van der Waals surface area contributed by atoms with E-state index in [9.17, 15) is 0 Å². The number of benzene rings is 1. The van der Waals surface area contributed by atoms with Crippen LogP contribution in [0.15, 0.2) is 30.6 Å². The van der Waals surface area contributed by atoms with E-state index >= 15 is 0 Å². The number of aryl methyl sites for hydroxylation is 1. The summed E-state index contributed by atoms with van der Waals surface area (Å²) in [7, 11) is 3.19. The van der Waals surface area contributed by atoms with Crippen LogP contribution in [-0.2, 0) is 0 Å². The van der Waals surface area contributed by atoms with Gasteiger partial charge in [0.15, 0.2) is 11.5 Å². The van der Waals surface area contributed by atoms with Crippen LogP contribution in [0.5, 0.6) is 11.5 Å². The average molecular weight is 259 g/mol. The minimum Gasteiger partial charge on any atom is -0.493 e. The van der Waals surface area contributed by atoms with E-state index in [1.54, 1.807) is 26.6 Å². The van der Waals surface area contributed by atoms with Crippen LogP contribution in [-0.4, -0.2) is 24.2 Å². The molecule has 0 radical (unpaired) electrons. The molecule has 0 amide bonds. The van der Waals surface area contributed by atoms with Gasteiger partial charge in [0.25, 0.3) is 0 Å². The van der Waals surface area contributed by atoms with Gasteiger partial charge in [0.05, 0.1) is 20.3 Å². The van der Waals surface area contributed by atoms with E-state index < -0.39 is 0 Å². The van der Waals surface area contributed by atoms with Gasteiger partial charge in [-0.25, -0.2) is 9.97 Å². The topological polar surface area (TPSA) is 70.3 Å². The molecule has 0 saturated carbocycles. The van der Waals surface area contributed by atoms with E-state index in [1.807, 2.05) is 25.1 Å². The van der Waals surface area contributed by atoms with E-state index in [2.05, 4.69) is 9.97 Å². The predicted octanol–water partition coefficient (Wildman–Crippen LogP) is 1.85. The van der Waals surface area contributed by atoms with Gasteiger partial charge in [-0.05, 0) is 30.2 Å². The monoisotopic (exact) mass is 259 g/mol. The fraction of sp³-hybridized carbons (Fsp3) is 0.286. The molecule has 0 saturated heterocycles. The lowest BCUT2D eigenvalue weighted by molar-refractivity contribution is 0.354. The molecule has 100 valence electrons. The maximum atomic E-state index is 6.16. The van der Waals surface area contributed by atoms with E-state index in [0.29, 0.717) is 17.3 Å². The average Bonchev–Trinajstić information content (AvgIpc) is 2.46. The summed E-state index contributed by atoms with van der Waals surface area (Å²) in [6.07, 6.45) is 3.51. The van der Waals surface area contributed by atoms with Crippen molar-refractivity contribution in [3.63, 3.8) is 0 Å². The normalized spacial score (nSPS) is 12.0. The summed E-state index contributed by atoms with van der Waals surface area (Å²) in [5.41, 5.74) is 8.04. The lowest BCUT2D eigenvalue weighted by Gasteiger charge is -2.14. The summed E-state index contributed by atoms with van der Waals surface area (Å²) in [5.74, 6) is 1.89. The summed E-state index contributed by atoms with van der Waals surface area (Å²) in [4.78, 5) is 8.49. The van der Waals surface area contributed by atoms with Gasteiger partial charge < -0.3 is 15.2 Å². The number of nitrogens with two attached hydrogens (primary N) is 1. The maximum Gasteiger partial charge on any atom is 0.161 e. The number of ether oxygens (including phenoxy) is 2. The lowest BCUT2D eigenvalue weighted by Crippen LogP contribution is -2.15. The molecule has 5 nitrogen and oxygen atoms in total. The Kier molecular flexibility index (Phi) is 3.97. The van der Waals surface area contributed by atoms with Crippen molar-refractivity contribution in [3.8, 4) is 11.5 Å². The molecule has 1 aromatic carbocycles. The van der Waals surface area contributed by atoms with Crippen molar-refractivity contribution in [2.75, 3.05) is 14.2 Å². The molecule has 0 bridgehead atoms. The first-order chi connectivity index (χ1) is 9.15. The molecule has 0 aliphatic heterocycles. The summed E-state index contributed by atoms with van der Waals surface area (Å²) in [5, 5.41) is 0. The zero-order valence-corrected chi connectivity index (χ0v) is 11.3. The van der Waals surface area contributed by atoms with Crippen LogP contribution in [0.25, 0.3) is 0 Å². The Bertz CT molecular complexity index is 555. The number of hydrogen-bond acceptors (Lipinski definition) is 5. The molecule has 1 atom stereocenters. The minimum atomic E-state index is -0.389. The highest BCUT2D eigenvalue weighted by molar-refractivity contribution is 5.44. The molecule has 0 aliphatic carbocycles. The number of methoxy groups -OCH3 is 2. The number of nitrogens with zero attached hydrogens (tertiary/aromatic N) is 2. The van der Waals surface area contributed by atoms with Crippen molar-refractivity contribution in [1.29, 1.82) is 0 Å². The fourth-order valence-corrected chi connectivity index (χ4v) is 1.76. The Hall–Kier alpha value is -2.14. The molecule has 2 aromatic rings. The van der Waals surface area contributed by atoms with Gasteiger partial charge in [-0.1, -0.05) is 6.07 Å². The largest absolute Gasteiger partial charge is 0.493 e. The molecule has 0 aliphatic rings. The van der Waals surface area contributed by atoms with Gasteiger partial charge in [-0.3, -0.25) is 0 Å². The van der Waals surface area contributed by atoms with Crippen molar-refractivity contribution in [1.82, 2.24) is 9.97 Å². The van der Waals surface area contributed by atoms with Gasteiger partial charge in [-0.15, -0.1) is 0 Å². The van der Waals surface area contributed by atoms with Crippen LogP contribution < -0.4 is 15.2 Å².